The highest BCUT2D eigenvalue weighted by Crippen LogP contribution is 2.24. The summed E-state index contributed by atoms with van der Waals surface area (Å²) < 4.78 is 2.99. The number of nitrogens with one attached hydrogen (secondary N) is 1. The largest absolute Gasteiger partial charge is 0.308 e. The average molecular weight is 343 g/mol. The van der Waals surface area contributed by atoms with E-state index >= 15 is 0 Å². The second-order valence-electron chi connectivity index (χ2n) is 5.38. The summed E-state index contributed by atoms with van der Waals surface area (Å²) in [5, 5.41) is 6.77. The van der Waals surface area contributed by atoms with Gasteiger partial charge in [-0.05, 0) is 19.4 Å². The zero-order valence-corrected chi connectivity index (χ0v) is 14.4. The number of amides is 1. The minimum atomic E-state index is -0.317. The SMILES string of the molecule is Cc1nc(NC(=O)Cn2c(-c3ccccc3)c(C)sc2=O)n(C)n1. The van der Waals surface area contributed by atoms with Crippen molar-refractivity contribution in [3.8, 4) is 11.3 Å². The lowest BCUT2D eigenvalue weighted by Gasteiger charge is -2.09. The fourth-order valence-electron chi connectivity index (χ4n) is 2.54. The first kappa shape index (κ1) is 16.1. The number of carbonyl (C=O) groups is 1. The Balaban J connectivity index is 1.89. The van der Waals surface area contributed by atoms with Crippen LogP contribution in [0.1, 0.15) is 10.7 Å². The van der Waals surface area contributed by atoms with Gasteiger partial charge >= 0.3 is 4.87 Å². The van der Waals surface area contributed by atoms with Crippen LogP contribution in [0.15, 0.2) is 35.1 Å². The van der Waals surface area contributed by atoms with Gasteiger partial charge in [0.1, 0.15) is 12.4 Å². The quantitative estimate of drug-likeness (QED) is 0.785. The van der Waals surface area contributed by atoms with E-state index in [2.05, 4.69) is 15.4 Å². The number of carbonyl (C=O) groups excluding carboxylic acids is 1. The summed E-state index contributed by atoms with van der Waals surface area (Å²) in [6, 6.07) is 9.58. The van der Waals surface area contributed by atoms with Crippen LogP contribution < -0.4 is 10.2 Å². The summed E-state index contributed by atoms with van der Waals surface area (Å²) in [6.45, 7) is 3.56. The monoisotopic (exact) mass is 343 g/mol. The zero-order chi connectivity index (χ0) is 17.3. The summed E-state index contributed by atoms with van der Waals surface area (Å²) in [4.78, 5) is 29.5. The van der Waals surface area contributed by atoms with Gasteiger partial charge in [0.25, 0.3) is 0 Å². The van der Waals surface area contributed by atoms with Crippen molar-refractivity contribution in [3.63, 3.8) is 0 Å². The summed E-state index contributed by atoms with van der Waals surface area (Å²) in [6.07, 6.45) is 0. The number of benzene rings is 1. The number of aryl methyl sites for hydroxylation is 3. The summed E-state index contributed by atoms with van der Waals surface area (Å²) >= 11 is 1.14. The van der Waals surface area contributed by atoms with Gasteiger partial charge in [0.05, 0.1) is 5.69 Å². The molecule has 0 bridgehead atoms. The molecule has 24 heavy (non-hydrogen) atoms. The number of thiazole rings is 1. The Morgan fingerprint density at radius 3 is 2.58 bits per heavy atom. The summed E-state index contributed by atoms with van der Waals surface area (Å²) in [5.41, 5.74) is 1.69. The Bertz CT molecular complexity index is 939. The lowest BCUT2D eigenvalue weighted by Crippen LogP contribution is -2.26. The van der Waals surface area contributed by atoms with Crippen LogP contribution in [-0.2, 0) is 18.4 Å². The van der Waals surface area contributed by atoms with Crippen LogP contribution in [-0.4, -0.2) is 25.2 Å². The molecule has 0 aliphatic carbocycles. The van der Waals surface area contributed by atoms with Crippen molar-refractivity contribution in [2.75, 3.05) is 5.32 Å². The third kappa shape index (κ3) is 3.13. The maximum Gasteiger partial charge on any atom is 0.308 e. The van der Waals surface area contributed by atoms with Crippen LogP contribution in [0.25, 0.3) is 11.3 Å². The van der Waals surface area contributed by atoms with E-state index in [9.17, 15) is 9.59 Å². The Morgan fingerprint density at radius 1 is 1.25 bits per heavy atom. The van der Waals surface area contributed by atoms with Crippen LogP contribution in [0, 0.1) is 13.8 Å². The Morgan fingerprint density at radius 2 is 1.96 bits per heavy atom. The maximum absolute atomic E-state index is 12.3. The van der Waals surface area contributed by atoms with Gasteiger partial charge in [-0.1, -0.05) is 41.7 Å². The fraction of sp³-hybridized carbons (Fsp3) is 0.250. The number of aromatic nitrogens is 4. The van der Waals surface area contributed by atoms with E-state index in [-0.39, 0.29) is 17.3 Å². The molecule has 0 saturated heterocycles. The van der Waals surface area contributed by atoms with E-state index in [1.165, 1.54) is 9.25 Å². The van der Waals surface area contributed by atoms with Crippen LogP contribution in [0.4, 0.5) is 5.95 Å². The Kier molecular flexibility index (Phi) is 4.30. The normalized spacial score (nSPS) is 10.8. The van der Waals surface area contributed by atoms with Crippen molar-refractivity contribution in [2.24, 2.45) is 7.05 Å². The van der Waals surface area contributed by atoms with Gasteiger partial charge in [0.2, 0.25) is 11.9 Å². The topological polar surface area (TPSA) is 81.8 Å². The van der Waals surface area contributed by atoms with Crippen LogP contribution in [0.3, 0.4) is 0 Å². The molecule has 124 valence electrons. The molecule has 0 radical (unpaired) electrons. The molecule has 0 aliphatic rings. The minimum absolute atomic E-state index is 0.0701. The van der Waals surface area contributed by atoms with E-state index in [0.29, 0.717) is 11.8 Å². The molecule has 0 aliphatic heterocycles. The Hall–Kier alpha value is -2.74. The van der Waals surface area contributed by atoms with Crippen molar-refractivity contribution in [3.05, 3.63) is 50.7 Å². The molecule has 2 aromatic heterocycles. The second kappa shape index (κ2) is 6.40. The van der Waals surface area contributed by atoms with Gasteiger partial charge in [-0.2, -0.15) is 10.1 Å². The highest BCUT2D eigenvalue weighted by Gasteiger charge is 2.17. The van der Waals surface area contributed by atoms with Crippen LogP contribution >= 0.6 is 11.3 Å². The van der Waals surface area contributed by atoms with Gasteiger partial charge in [-0.3, -0.25) is 19.5 Å². The van der Waals surface area contributed by atoms with Gasteiger partial charge in [-0.25, -0.2) is 4.68 Å². The van der Waals surface area contributed by atoms with Gasteiger partial charge < -0.3 is 0 Å². The highest BCUT2D eigenvalue weighted by molar-refractivity contribution is 7.09. The van der Waals surface area contributed by atoms with E-state index in [4.69, 9.17) is 0 Å². The van der Waals surface area contributed by atoms with Crippen molar-refractivity contribution in [1.82, 2.24) is 19.3 Å². The molecule has 1 amide bonds. The van der Waals surface area contributed by atoms with E-state index in [0.717, 1.165) is 27.5 Å². The lowest BCUT2D eigenvalue weighted by atomic mass is 10.1. The molecule has 8 heteroatoms. The smallest absolute Gasteiger partial charge is 0.293 e. The Labute approximate surface area is 142 Å². The number of nitrogens with zero attached hydrogens (tertiary/aromatic N) is 4. The first-order valence-electron chi connectivity index (χ1n) is 7.39. The van der Waals surface area contributed by atoms with Gasteiger partial charge in [0.15, 0.2) is 0 Å². The highest BCUT2D eigenvalue weighted by atomic mass is 32.1. The standard InChI is InChI=1S/C16H17N5O2S/c1-10-14(12-7-5-4-6-8-12)21(16(23)24-10)9-13(22)18-15-17-11(2)19-20(15)3/h4-8H,9H2,1-3H3,(H,17,18,19,22). The van der Waals surface area contributed by atoms with Gasteiger partial charge in [-0.15, -0.1) is 0 Å². The summed E-state index contributed by atoms with van der Waals surface area (Å²) in [7, 11) is 1.70. The van der Waals surface area contributed by atoms with Gasteiger partial charge in [0, 0.05) is 11.9 Å². The predicted molar refractivity (Wildman–Crippen MR) is 93.1 cm³/mol. The molecule has 3 rings (SSSR count). The van der Waals surface area contributed by atoms with Crippen molar-refractivity contribution in [2.45, 2.75) is 20.4 Å². The molecule has 0 fully saturated rings. The van der Waals surface area contributed by atoms with Crippen LogP contribution in [0.5, 0.6) is 0 Å². The molecule has 3 aromatic rings. The number of hydrogen-bond acceptors (Lipinski definition) is 5. The molecule has 0 saturated carbocycles. The first-order valence-corrected chi connectivity index (χ1v) is 8.20. The predicted octanol–water partition coefficient (Wildman–Crippen LogP) is 1.96. The first-order chi connectivity index (χ1) is 11.5. The average Bonchev–Trinajstić information content (AvgIpc) is 2.98. The molecular weight excluding hydrogens is 326 g/mol. The molecule has 1 N–H and O–H groups in total. The lowest BCUT2D eigenvalue weighted by molar-refractivity contribution is -0.116. The molecule has 0 unspecified atom stereocenters. The van der Waals surface area contributed by atoms with Crippen molar-refractivity contribution < 1.29 is 4.79 Å². The second-order valence-corrected chi connectivity index (χ2v) is 6.55. The molecule has 0 atom stereocenters. The van der Waals surface area contributed by atoms with E-state index in [1.807, 2.05) is 37.3 Å². The third-order valence-corrected chi connectivity index (χ3v) is 4.43. The van der Waals surface area contributed by atoms with Crippen molar-refractivity contribution >= 4 is 23.2 Å². The zero-order valence-electron chi connectivity index (χ0n) is 13.6. The fourth-order valence-corrected chi connectivity index (χ4v) is 3.40. The van der Waals surface area contributed by atoms with E-state index in [1.54, 1.807) is 14.0 Å². The molecule has 1 aromatic carbocycles. The summed E-state index contributed by atoms with van der Waals surface area (Å²) in [5.74, 6) is 0.614. The van der Waals surface area contributed by atoms with E-state index < -0.39 is 0 Å². The molecule has 2 heterocycles. The molecule has 7 nitrogen and oxygen atoms in total. The minimum Gasteiger partial charge on any atom is -0.293 e. The van der Waals surface area contributed by atoms with Crippen LogP contribution in [0.2, 0.25) is 0 Å². The molecular formula is C16H17N5O2S. The number of anilines is 1. The number of hydrogen-bond donors (Lipinski definition) is 1. The number of rotatable bonds is 4. The van der Waals surface area contributed by atoms with Crippen molar-refractivity contribution in [1.29, 1.82) is 0 Å². The third-order valence-electron chi connectivity index (χ3n) is 3.53. The maximum atomic E-state index is 12.3. The molecule has 0 spiro atoms.